The summed E-state index contributed by atoms with van der Waals surface area (Å²) in [7, 11) is 0. The number of hydrogen-bond donors (Lipinski definition) is 1. The van der Waals surface area contributed by atoms with E-state index in [1.54, 1.807) is 0 Å². The van der Waals surface area contributed by atoms with Crippen LogP contribution in [0.4, 0.5) is 0 Å². The highest BCUT2D eigenvalue weighted by molar-refractivity contribution is 5.97. The Morgan fingerprint density at radius 2 is 1.32 bits per heavy atom. The van der Waals surface area contributed by atoms with Gasteiger partial charge in [-0.3, -0.25) is 14.5 Å². The average molecular weight is 455 g/mol. The zero-order valence-corrected chi connectivity index (χ0v) is 19.3. The van der Waals surface area contributed by atoms with Gasteiger partial charge in [0.25, 0.3) is 0 Å². The average Bonchev–Trinajstić information content (AvgIpc) is 3.16. The van der Waals surface area contributed by atoms with Gasteiger partial charge in [0.15, 0.2) is 0 Å². The van der Waals surface area contributed by atoms with Crippen LogP contribution in [0, 0.1) is 0 Å². The fraction of sp³-hybridized carbons (Fsp3) is 0.310. The van der Waals surface area contributed by atoms with E-state index in [-0.39, 0.29) is 5.91 Å². The van der Waals surface area contributed by atoms with Crippen LogP contribution in [0.25, 0.3) is 11.1 Å². The van der Waals surface area contributed by atoms with Gasteiger partial charge in [-0.05, 0) is 47.2 Å². The number of fused-ring (bicyclic) bond motifs is 3. The number of piperazine rings is 1. The predicted octanol–water partition coefficient (Wildman–Crippen LogP) is 4.20. The molecular weight excluding hydrogens is 424 g/mol. The van der Waals surface area contributed by atoms with Gasteiger partial charge in [0.05, 0.1) is 6.42 Å². The summed E-state index contributed by atoms with van der Waals surface area (Å²) in [6.45, 7) is 3.93. The molecule has 1 fully saturated rings. The molecule has 3 aromatic carbocycles. The molecule has 3 aromatic rings. The highest BCUT2D eigenvalue weighted by Crippen LogP contribution is 2.51. The number of carboxylic acid groups (broad SMARTS) is 1. The van der Waals surface area contributed by atoms with Crippen LogP contribution in [0.1, 0.15) is 29.5 Å². The Morgan fingerprint density at radius 1 is 0.765 bits per heavy atom. The fourth-order valence-corrected chi connectivity index (χ4v) is 5.60. The highest BCUT2D eigenvalue weighted by Gasteiger charge is 2.48. The first kappa shape index (κ1) is 22.4. The summed E-state index contributed by atoms with van der Waals surface area (Å²) in [5, 5.41) is 10.5. The molecule has 34 heavy (non-hydrogen) atoms. The quantitative estimate of drug-likeness (QED) is 0.581. The van der Waals surface area contributed by atoms with E-state index in [4.69, 9.17) is 0 Å². The number of benzene rings is 3. The lowest BCUT2D eigenvalue weighted by atomic mass is 9.74. The summed E-state index contributed by atoms with van der Waals surface area (Å²) in [6.07, 6.45) is 1.79. The second-order valence-corrected chi connectivity index (χ2v) is 9.29. The van der Waals surface area contributed by atoms with Gasteiger partial charge in [0, 0.05) is 26.2 Å². The molecule has 1 saturated heterocycles. The second-order valence-electron chi connectivity index (χ2n) is 9.29. The highest BCUT2D eigenvalue weighted by atomic mass is 16.4. The Kier molecular flexibility index (Phi) is 6.20. The standard InChI is InChI=1S/C29H30N2O3/c32-27(21-22-9-2-1-3-10-22)31-19-17-30(18-20-31)16-8-15-29(28(33)34)25-13-6-4-11-23(25)24-12-5-7-14-26(24)29/h1-7,9-14H,8,15-21H2,(H,33,34). The van der Waals surface area contributed by atoms with Crippen molar-refractivity contribution < 1.29 is 14.7 Å². The molecule has 0 atom stereocenters. The van der Waals surface area contributed by atoms with Gasteiger partial charge in [0.2, 0.25) is 5.91 Å². The first-order valence-corrected chi connectivity index (χ1v) is 12.1. The van der Waals surface area contributed by atoms with Gasteiger partial charge in [-0.15, -0.1) is 0 Å². The summed E-state index contributed by atoms with van der Waals surface area (Å²) in [5.41, 5.74) is 3.92. The van der Waals surface area contributed by atoms with Crippen molar-refractivity contribution in [2.24, 2.45) is 0 Å². The van der Waals surface area contributed by atoms with Crippen molar-refractivity contribution >= 4 is 11.9 Å². The Bertz CT molecular complexity index is 1140. The molecule has 0 spiro atoms. The molecule has 1 amide bonds. The maximum atomic E-state index is 12.7. The number of nitrogens with zero attached hydrogens (tertiary/aromatic N) is 2. The number of amides is 1. The molecule has 0 radical (unpaired) electrons. The first-order chi connectivity index (χ1) is 16.6. The first-order valence-electron chi connectivity index (χ1n) is 12.1. The molecule has 1 heterocycles. The van der Waals surface area contributed by atoms with Gasteiger partial charge in [-0.25, -0.2) is 0 Å². The third kappa shape index (κ3) is 4.01. The maximum absolute atomic E-state index is 12.7. The molecule has 5 nitrogen and oxygen atoms in total. The van der Waals surface area contributed by atoms with Crippen molar-refractivity contribution in [2.45, 2.75) is 24.7 Å². The Hall–Kier alpha value is -3.44. The van der Waals surface area contributed by atoms with Crippen molar-refractivity contribution in [3.05, 3.63) is 95.6 Å². The van der Waals surface area contributed by atoms with Crippen molar-refractivity contribution in [2.75, 3.05) is 32.7 Å². The number of rotatable bonds is 7. The summed E-state index contributed by atoms with van der Waals surface area (Å²) in [6, 6.07) is 25.7. The number of carboxylic acids is 1. The van der Waals surface area contributed by atoms with Crippen molar-refractivity contribution in [3.63, 3.8) is 0 Å². The number of carbonyl (C=O) groups is 2. The molecule has 2 aliphatic rings. The second kappa shape index (κ2) is 9.43. The molecule has 174 valence electrons. The van der Waals surface area contributed by atoms with E-state index in [9.17, 15) is 14.7 Å². The molecule has 0 saturated carbocycles. The smallest absolute Gasteiger partial charge is 0.318 e. The van der Waals surface area contributed by atoms with Crippen molar-refractivity contribution in [1.29, 1.82) is 0 Å². The summed E-state index contributed by atoms with van der Waals surface area (Å²) in [4.78, 5) is 29.7. The molecule has 1 N–H and O–H groups in total. The lowest BCUT2D eigenvalue weighted by Gasteiger charge is -2.35. The summed E-state index contributed by atoms with van der Waals surface area (Å²) < 4.78 is 0. The molecule has 0 unspecified atom stereocenters. The van der Waals surface area contributed by atoms with Crippen molar-refractivity contribution in [1.82, 2.24) is 9.80 Å². The van der Waals surface area contributed by atoms with Crippen LogP contribution in [0.15, 0.2) is 78.9 Å². The lowest BCUT2D eigenvalue weighted by Crippen LogP contribution is -2.49. The van der Waals surface area contributed by atoms with Gasteiger partial charge in [0.1, 0.15) is 5.41 Å². The lowest BCUT2D eigenvalue weighted by molar-refractivity contribution is -0.142. The van der Waals surface area contributed by atoms with E-state index < -0.39 is 11.4 Å². The molecule has 1 aliphatic heterocycles. The monoisotopic (exact) mass is 454 g/mol. The minimum atomic E-state index is -0.999. The number of hydrogen-bond acceptors (Lipinski definition) is 3. The van der Waals surface area contributed by atoms with Crippen LogP contribution in [0.5, 0.6) is 0 Å². The van der Waals surface area contributed by atoms with E-state index in [1.165, 1.54) is 0 Å². The third-order valence-electron chi connectivity index (χ3n) is 7.38. The Balaban J connectivity index is 1.21. The topological polar surface area (TPSA) is 60.9 Å². The Morgan fingerprint density at radius 3 is 1.91 bits per heavy atom. The van der Waals surface area contributed by atoms with E-state index >= 15 is 0 Å². The fourth-order valence-electron chi connectivity index (χ4n) is 5.60. The van der Waals surface area contributed by atoms with Crippen LogP contribution in [0.2, 0.25) is 0 Å². The van der Waals surface area contributed by atoms with Gasteiger partial charge >= 0.3 is 5.97 Å². The molecule has 1 aliphatic carbocycles. The van der Waals surface area contributed by atoms with Gasteiger partial charge in [-0.2, -0.15) is 0 Å². The third-order valence-corrected chi connectivity index (χ3v) is 7.38. The van der Waals surface area contributed by atoms with Gasteiger partial charge in [-0.1, -0.05) is 78.9 Å². The van der Waals surface area contributed by atoms with Crippen LogP contribution in [-0.2, 0) is 21.4 Å². The SMILES string of the molecule is O=C(Cc1ccccc1)N1CCN(CCCC2(C(=O)O)c3ccccc3-c3ccccc32)CC1. The molecular formula is C29H30N2O3. The van der Waals surface area contributed by atoms with Crippen LogP contribution in [-0.4, -0.2) is 59.5 Å². The van der Waals surface area contributed by atoms with Crippen LogP contribution >= 0.6 is 0 Å². The molecule has 5 rings (SSSR count). The van der Waals surface area contributed by atoms with E-state index in [1.807, 2.05) is 83.8 Å². The predicted molar refractivity (Wildman–Crippen MR) is 133 cm³/mol. The minimum Gasteiger partial charge on any atom is -0.480 e. The summed E-state index contributed by atoms with van der Waals surface area (Å²) in [5.74, 6) is -0.601. The van der Waals surface area contributed by atoms with E-state index in [2.05, 4.69) is 4.90 Å². The Labute approximate surface area is 200 Å². The minimum absolute atomic E-state index is 0.176. The molecule has 0 aromatic heterocycles. The number of aliphatic carboxylic acids is 1. The van der Waals surface area contributed by atoms with Crippen LogP contribution in [0.3, 0.4) is 0 Å². The van der Waals surface area contributed by atoms with Crippen LogP contribution < -0.4 is 0 Å². The van der Waals surface area contributed by atoms with Gasteiger partial charge < -0.3 is 10.0 Å². The van der Waals surface area contributed by atoms with Crippen molar-refractivity contribution in [3.8, 4) is 11.1 Å². The van der Waals surface area contributed by atoms with E-state index in [0.29, 0.717) is 12.8 Å². The zero-order valence-electron chi connectivity index (χ0n) is 19.3. The maximum Gasteiger partial charge on any atom is 0.318 e. The molecule has 0 bridgehead atoms. The normalized spacial score (nSPS) is 16.6. The largest absolute Gasteiger partial charge is 0.480 e. The zero-order chi connectivity index (χ0) is 23.5. The summed E-state index contributed by atoms with van der Waals surface area (Å²) >= 11 is 0. The molecule has 5 heteroatoms. The number of carbonyl (C=O) groups excluding carboxylic acids is 1. The van der Waals surface area contributed by atoms with E-state index in [0.717, 1.165) is 67.0 Å².